The highest BCUT2D eigenvalue weighted by Gasteiger charge is 2.35. The lowest BCUT2D eigenvalue weighted by Gasteiger charge is -2.23. The minimum atomic E-state index is 0.816. The molecule has 1 saturated carbocycles. The van der Waals surface area contributed by atoms with Gasteiger partial charge in [-0.2, -0.15) is 0 Å². The molecule has 0 saturated heterocycles. The van der Waals surface area contributed by atoms with Crippen LogP contribution in [-0.4, -0.2) is 0 Å². The molecule has 0 aromatic heterocycles. The van der Waals surface area contributed by atoms with E-state index in [0.717, 1.165) is 17.8 Å². The van der Waals surface area contributed by atoms with Crippen LogP contribution in [0.1, 0.15) is 43.2 Å². The molecule has 0 heteroatoms. The van der Waals surface area contributed by atoms with Gasteiger partial charge in [0.15, 0.2) is 0 Å². The second-order valence-corrected chi connectivity index (χ2v) is 5.00. The standard InChI is InChI=1S/C15H18/c1-2-11-9-13-8-7-12-5-3-4-6-14(12)15(13)10-11/h3-8,11,13,15H,2,9-10H2,1H3. The van der Waals surface area contributed by atoms with Crippen molar-refractivity contribution in [3.8, 4) is 0 Å². The lowest BCUT2D eigenvalue weighted by molar-refractivity contribution is 0.515. The number of hydrogen-bond donors (Lipinski definition) is 0. The number of benzene rings is 1. The van der Waals surface area contributed by atoms with Crippen LogP contribution in [0.3, 0.4) is 0 Å². The summed E-state index contributed by atoms with van der Waals surface area (Å²) in [6.07, 6.45) is 8.94. The molecule has 2 aliphatic carbocycles. The molecule has 2 aliphatic rings. The van der Waals surface area contributed by atoms with E-state index in [-0.39, 0.29) is 0 Å². The predicted molar refractivity (Wildman–Crippen MR) is 64.7 cm³/mol. The minimum absolute atomic E-state index is 0.816. The fourth-order valence-corrected chi connectivity index (χ4v) is 3.31. The van der Waals surface area contributed by atoms with Crippen LogP contribution in [0.2, 0.25) is 0 Å². The third-order valence-electron chi connectivity index (χ3n) is 4.21. The summed E-state index contributed by atoms with van der Waals surface area (Å²) in [5, 5.41) is 0. The topological polar surface area (TPSA) is 0 Å². The maximum absolute atomic E-state index is 2.45. The monoisotopic (exact) mass is 198 g/mol. The average molecular weight is 198 g/mol. The first kappa shape index (κ1) is 9.21. The molecule has 1 fully saturated rings. The van der Waals surface area contributed by atoms with E-state index in [0.29, 0.717) is 0 Å². The van der Waals surface area contributed by atoms with Gasteiger partial charge in [-0.25, -0.2) is 0 Å². The summed E-state index contributed by atoms with van der Waals surface area (Å²) in [5.41, 5.74) is 3.05. The Hall–Kier alpha value is -1.04. The van der Waals surface area contributed by atoms with E-state index in [1.807, 2.05) is 0 Å². The van der Waals surface area contributed by atoms with Crippen molar-refractivity contribution < 1.29 is 0 Å². The predicted octanol–water partition coefficient (Wildman–Crippen LogP) is 4.23. The summed E-state index contributed by atoms with van der Waals surface area (Å²) in [4.78, 5) is 0. The van der Waals surface area contributed by atoms with Gasteiger partial charge >= 0.3 is 0 Å². The summed E-state index contributed by atoms with van der Waals surface area (Å²) < 4.78 is 0. The van der Waals surface area contributed by atoms with Crippen LogP contribution in [-0.2, 0) is 0 Å². The van der Waals surface area contributed by atoms with Crippen LogP contribution in [0.15, 0.2) is 30.3 Å². The van der Waals surface area contributed by atoms with E-state index in [1.54, 1.807) is 5.56 Å². The van der Waals surface area contributed by atoms with Gasteiger partial charge in [-0.3, -0.25) is 0 Å². The van der Waals surface area contributed by atoms with Gasteiger partial charge in [0.05, 0.1) is 0 Å². The van der Waals surface area contributed by atoms with Gasteiger partial charge in [0.25, 0.3) is 0 Å². The average Bonchev–Trinajstić information content (AvgIpc) is 2.72. The first-order valence-electron chi connectivity index (χ1n) is 6.15. The molecule has 0 bridgehead atoms. The summed E-state index contributed by atoms with van der Waals surface area (Å²) in [7, 11) is 0. The molecule has 3 atom stereocenters. The molecule has 1 aromatic carbocycles. The van der Waals surface area contributed by atoms with Crippen molar-refractivity contribution in [3.05, 3.63) is 41.5 Å². The van der Waals surface area contributed by atoms with E-state index in [9.17, 15) is 0 Å². The quantitative estimate of drug-likeness (QED) is 0.633. The van der Waals surface area contributed by atoms with E-state index >= 15 is 0 Å². The first-order valence-corrected chi connectivity index (χ1v) is 6.15. The molecule has 3 rings (SSSR count). The molecule has 0 heterocycles. The molecule has 0 spiro atoms. The van der Waals surface area contributed by atoms with E-state index in [2.05, 4.69) is 43.3 Å². The normalized spacial score (nSPS) is 32.5. The SMILES string of the molecule is CCC1CC2C=Cc3ccccc3C2C1. The van der Waals surface area contributed by atoms with Gasteiger partial charge in [-0.15, -0.1) is 0 Å². The third-order valence-corrected chi connectivity index (χ3v) is 4.21. The molecular weight excluding hydrogens is 180 g/mol. The lowest BCUT2D eigenvalue weighted by Crippen LogP contribution is -2.08. The second kappa shape index (κ2) is 3.52. The Bertz CT molecular complexity index is 389. The third kappa shape index (κ3) is 1.43. The van der Waals surface area contributed by atoms with Crippen LogP contribution >= 0.6 is 0 Å². The summed E-state index contributed by atoms with van der Waals surface area (Å²) in [6, 6.07) is 8.92. The van der Waals surface area contributed by atoms with Crippen molar-refractivity contribution in [2.45, 2.75) is 32.1 Å². The second-order valence-electron chi connectivity index (χ2n) is 5.00. The molecule has 0 radical (unpaired) electrons. The van der Waals surface area contributed by atoms with Gasteiger partial charge in [-0.05, 0) is 41.7 Å². The van der Waals surface area contributed by atoms with E-state index < -0.39 is 0 Å². The highest BCUT2D eigenvalue weighted by Crippen LogP contribution is 2.48. The van der Waals surface area contributed by atoms with Crippen molar-refractivity contribution in [2.75, 3.05) is 0 Å². The van der Waals surface area contributed by atoms with Crippen molar-refractivity contribution in [1.82, 2.24) is 0 Å². The lowest BCUT2D eigenvalue weighted by atomic mass is 9.82. The van der Waals surface area contributed by atoms with Gasteiger partial charge in [-0.1, -0.05) is 49.8 Å². The van der Waals surface area contributed by atoms with Crippen LogP contribution in [0, 0.1) is 11.8 Å². The first-order chi connectivity index (χ1) is 7.38. The molecule has 0 amide bonds. The molecule has 0 nitrogen and oxygen atoms in total. The minimum Gasteiger partial charge on any atom is -0.0802 e. The summed E-state index contributed by atoms with van der Waals surface area (Å²) >= 11 is 0. The Labute approximate surface area is 92.0 Å². The number of fused-ring (bicyclic) bond motifs is 3. The van der Waals surface area contributed by atoms with Crippen LogP contribution in [0.25, 0.3) is 6.08 Å². The van der Waals surface area contributed by atoms with Crippen LogP contribution < -0.4 is 0 Å². The molecule has 0 aliphatic heterocycles. The van der Waals surface area contributed by atoms with Gasteiger partial charge in [0.2, 0.25) is 0 Å². The van der Waals surface area contributed by atoms with E-state index in [4.69, 9.17) is 0 Å². The van der Waals surface area contributed by atoms with Crippen molar-refractivity contribution >= 4 is 6.08 Å². The van der Waals surface area contributed by atoms with E-state index in [1.165, 1.54) is 24.8 Å². The zero-order chi connectivity index (χ0) is 10.3. The largest absolute Gasteiger partial charge is 0.0802 e. The fraction of sp³-hybridized carbons (Fsp3) is 0.467. The Morgan fingerprint density at radius 1 is 1.20 bits per heavy atom. The summed E-state index contributed by atoms with van der Waals surface area (Å²) in [6.45, 7) is 2.33. The highest BCUT2D eigenvalue weighted by molar-refractivity contribution is 5.58. The molecular formula is C15H18. The van der Waals surface area contributed by atoms with Gasteiger partial charge in [0.1, 0.15) is 0 Å². The summed E-state index contributed by atoms with van der Waals surface area (Å²) in [5.74, 6) is 2.59. The number of allylic oxidation sites excluding steroid dienone is 1. The Kier molecular flexibility index (Phi) is 2.16. The Balaban J connectivity index is 1.98. The molecule has 15 heavy (non-hydrogen) atoms. The van der Waals surface area contributed by atoms with Gasteiger partial charge < -0.3 is 0 Å². The number of rotatable bonds is 1. The zero-order valence-corrected chi connectivity index (χ0v) is 9.32. The van der Waals surface area contributed by atoms with Crippen molar-refractivity contribution in [3.63, 3.8) is 0 Å². The Morgan fingerprint density at radius 3 is 2.93 bits per heavy atom. The van der Waals surface area contributed by atoms with Crippen molar-refractivity contribution in [1.29, 1.82) is 0 Å². The van der Waals surface area contributed by atoms with Crippen molar-refractivity contribution in [2.24, 2.45) is 11.8 Å². The van der Waals surface area contributed by atoms with Crippen LogP contribution in [0.4, 0.5) is 0 Å². The molecule has 3 unspecified atom stereocenters. The van der Waals surface area contributed by atoms with Crippen LogP contribution in [0.5, 0.6) is 0 Å². The highest BCUT2D eigenvalue weighted by atomic mass is 14.4. The fourth-order valence-electron chi connectivity index (χ4n) is 3.31. The zero-order valence-electron chi connectivity index (χ0n) is 9.32. The Morgan fingerprint density at radius 2 is 2.07 bits per heavy atom. The van der Waals surface area contributed by atoms with Gasteiger partial charge in [0, 0.05) is 0 Å². The number of hydrogen-bond acceptors (Lipinski definition) is 0. The maximum atomic E-state index is 2.45. The molecule has 1 aromatic rings. The smallest absolute Gasteiger partial charge is 0.00902 e. The maximum Gasteiger partial charge on any atom is -0.00902 e. The molecule has 78 valence electrons. The molecule has 0 N–H and O–H groups in total.